The zero-order valence-corrected chi connectivity index (χ0v) is 13.4. The highest BCUT2D eigenvalue weighted by Gasteiger charge is 2.31. The van der Waals surface area contributed by atoms with Crippen LogP contribution in [0.5, 0.6) is 0 Å². The summed E-state index contributed by atoms with van der Waals surface area (Å²) in [6.07, 6.45) is 1.43. The van der Waals surface area contributed by atoms with E-state index in [4.69, 9.17) is 9.84 Å². The molecule has 7 nitrogen and oxygen atoms in total. The van der Waals surface area contributed by atoms with Crippen molar-refractivity contribution < 1.29 is 27.9 Å². The molecule has 0 unspecified atom stereocenters. The van der Waals surface area contributed by atoms with E-state index in [9.17, 15) is 18.0 Å². The second kappa shape index (κ2) is 6.74. The Bertz CT molecular complexity index is 489. The molecule has 0 spiro atoms. The zero-order chi connectivity index (χ0) is 16.3. The molecule has 0 saturated heterocycles. The number of nitrogens with one attached hydrogen (secondary N) is 1. The van der Waals surface area contributed by atoms with Crippen LogP contribution < -0.4 is 4.72 Å². The van der Waals surface area contributed by atoms with E-state index in [1.165, 1.54) is 0 Å². The fourth-order valence-corrected chi connectivity index (χ4v) is 3.45. The third-order valence-corrected chi connectivity index (χ3v) is 4.38. The van der Waals surface area contributed by atoms with Crippen molar-refractivity contribution in [1.29, 1.82) is 0 Å². The van der Waals surface area contributed by atoms with E-state index >= 15 is 0 Å². The van der Waals surface area contributed by atoms with Crippen molar-refractivity contribution in [3.05, 3.63) is 0 Å². The van der Waals surface area contributed by atoms with Crippen molar-refractivity contribution in [2.75, 3.05) is 5.75 Å². The van der Waals surface area contributed by atoms with Crippen molar-refractivity contribution in [2.45, 2.75) is 58.1 Å². The first-order valence-corrected chi connectivity index (χ1v) is 8.58. The van der Waals surface area contributed by atoms with Gasteiger partial charge in [0.25, 0.3) is 0 Å². The van der Waals surface area contributed by atoms with Crippen molar-refractivity contribution in [3.63, 3.8) is 0 Å². The summed E-state index contributed by atoms with van der Waals surface area (Å²) in [6, 6.07) is -1.30. The van der Waals surface area contributed by atoms with Gasteiger partial charge in [-0.3, -0.25) is 9.59 Å². The maximum Gasteiger partial charge on any atom is 0.321 e. The number of carbonyl (C=O) groups is 2. The van der Waals surface area contributed by atoms with Gasteiger partial charge < -0.3 is 9.84 Å². The molecule has 0 bridgehead atoms. The highest BCUT2D eigenvalue weighted by Crippen LogP contribution is 2.30. The Labute approximate surface area is 125 Å². The van der Waals surface area contributed by atoms with Gasteiger partial charge in [0.1, 0.15) is 11.6 Å². The maximum absolute atomic E-state index is 11.8. The summed E-state index contributed by atoms with van der Waals surface area (Å²) >= 11 is 0. The average Bonchev–Trinajstić information content (AvgIpc) is 3.04. The van der Waals surface area contributed by atoms with Gasteiger partial charge in [-0.2, -0.15) is 0 Å². The van der Waals surface area contributed by atoms with Crippen molar-refractivity contribution in [3.8, 4) is 0 Å². The number of carboxylic acid groups (broad SMARTS) is 1. The van der Waals surface area contributed by atoms with Crippen LogP contribution in [0.4, 0.5) is 0 Å². The van der Waals surface area contributed by atoms with Crippen LogP contribution in [0, 0.1) is 5.92 Å². The SMILES string of the molecule is CC(C)(C)OC(=O)CC[C@@H](NS(=O)(=O)CC1CC1)C(=O)O. The maximum atomic E-state index is 11.8. The van der Waals surface area contributed by atoms with Gasteiger partial charge in [-0.1, -0.05) is 0 Å². The Morgan fingerprint density at radius 3 is 2.33 bits per heavy atom. The van der Waals surface area contributed by atoms with E-state index in [1.54, 1.807) is 20.8 Å². The zero-order valence-electron chi connectivity index (χ0n) is 12.6. The third kappa shape index (κ3) is 8.01. The van der Waals surface area contributed by atoms with Crippen molar-refractivity contribution in [1.82, 2.24) is 4.72 Å². The average molecular weight is 321 g/mol. The van der Waals surface area contributed by atoms with E-state index in [0.717, 1.165) is 12.8 Å². The molecule has 0 aromatic rings. The summed E-state index contributed by atoms with van der Waals surface area (Å²) in [5.41, 5.74) is -0.652. The number of sulfonamides is 1. The minimum Gasteiger partial charge on any atom is -0.480 e. The first kappa shape index (κ1) is 17.9. The number of rotatable bonds is 8. The van der Waals surface area contributed by atoms with E-state index < -0.39 is 33.6 Å². The van der Waals surface area contributed by atoms with Crippen LogP contribution >= 0.6 is 0 Å². The number of ether oxygens (including phenoxy) is 1. The fraction of sp³-hybridized carbons (Fsp3) is 0.846. The lowest BCUT2D eigenvalue weighted by molar-refractivity contribution is -0.155. The minimum absolute atomic E-state index is 0.0524. The van der Waals surface area contributed by atoms with Gasteiger partial charge in [-0.05, 0) is 46.0 Å². The first-order chi connectivity index (χ1) is 9.48. The fourth-order valence-electron chi connectivity index (χ4n) is 1.75. The molecular weight excluding hydrogens is 298 g/mol. The molecule has 0 aromatic heterocycles. The lowest BCUT2D eigenvalue weighted by Gasteiger charge is -2.20. The molecule has 0 heterocycles. The lowest BCUT2D eigenvalue weighted by atomic mass is 10.1. The summed E-state index contributed by atoms with van der Waals surface area (Å²) in [6.45, 7) is 5.12. The van der Waals surface area contributed by atoms with Gasteiger partial charge in [0.15, 0.2) is 0 Å². The highest BCUT2D eigenvalue weighted by atomic mass is 32.2. The largest absolute Gasteiger partial charge is 0.480 e. The Balaban J connectivity index is 2.50. The van der Waals surface area contributed by atoms with E-state index in [-0.39, 0.29) is 24.5 Å². The molecule has 1 atom stereocenters. The Morgan fingerprint density at radius 2 is 1.90 bits per heavy atom. The van der Waals surface area contributed by atoms with Crippen LogP contribution in [-0.2, 0) is 24.3 Å². The van der Waals surface area contributed by atoms with Crippen molar-refractivity contribution in [2.24, 2.45) is 5.92 Å². The molecule has 8 heteroatoms. The van der Waals surface area contributed by atoms with Gasteiger partial charge in [0.05, 0.1) is 5.75 Å². The molecule has 1 aliphatic carbocycles. The molecule has 1 rings (SSSR count). The monoisotopic (exact) mass is 321 g/mol. The normalized spacial score (nSPS) is 17.3. The Morgan fingerprint density at radius 1 is 1.33 bits per heavy atom. The summed E-state index contributed by atoms with van der Waals surface area (Å²) in [5.74, 6) is -1.76. The van der Waals surface area contributed by atoms with Gasteiger partial charge >= 0.3 is 11.9 Å². The predicted octanol–water partition coefficient (Wildman–Crippen LogP) is 0.891. The van der Waals surface area contributed by atoms with Gasteiger partial charge in [0, 0.05) is 6.42 Å². The second-order valence-electron chi connectivity index (χ2n) is 6.36. The summed E-state index contributed by atoms with van der Waals surface area (Å²) in [4.78, 5) is 22.6. The van der Waals surface area contributed by atoms with Crippen LogP contribution in [0.15, 0.2) is 0 Å². The van der Waals surface area contributed by atoms with Gasteiger partial charge in [0.2, 0.25) is 10.0 Å². The third-order valence-electron chi connectivity index (χ3n) is 2.83. The summed E-state index contributed by atoms with van der Waals surface area (Å²) in [5, 5.41) is 9.05. The van der Waals surface area contributed by atoms with Crippen LogP contribution in [0.25, 0.3) is 0 Å². The Hall–Kier alpha value is -1.15. The Kier molecular flexibility index (Phi) is 5.75. The standard InChI is InChI=1S/C13H23NO6S/c1-13(2,3)20-11(15)7-6-10(12(16)17)14-21(18,19)8-9-4-5-9/h9-10,14H,4-8H2,1-3H3,(H,16,17)/t10-/m1/s1. The van der Waals surface area contributed by atoms with Crippen LogP contribution in [0.1, 0.15) is 46.5 Å². The predicted molar refractivity (Wildman–Crippen MR) is 76.1 cm³/mol. The highest BCUT2D eigenvalue weighted by molar-refractivity contribution is 7.89. The van der Waals surface area contributed by atoms with Gasteiger partial charge in [-0.25, -0.2) is 13.1 Å². The molecule has 1 aliphatic rings. The molecule has 0 amide bonds. The van der Waals surface area contributed by atoms with Gasteiger partial charge in [-0.15, -0.1) is 0 Å². The van der Waals surface area contributed by atoms with Crippen LogP contribution in [0.3, 0.4) is 0 Å². The summed E-state index contributed by atoms with van der Waals surface area (Å²) < 4.78 is 30.8. The summed E-state index contributed by atoms with van der Waals surface area (Å²) in [7, 11) is -3.63. The molecule has 122 valence electrons. The van der Waals surface area contributed by atoms with Crippen LogP contribution in [0.2, 0.25) is 0 Å². The molecule has 0 aliphatic heterocycles. The molecule has 2 N–H and O–H groups in total. The number of carboxylic acids is 1. The van der Waals surface area contributed by atoms with E-state index in [2.05, 4.69) is 4.72 Å². The van der Waals surface area contributed by atoms with Crippen molar-refractivity contribution >= 4 is 22.0 Å². The van der Waals surface area contributed by atoms with E-state index in [1.807, 2.05) is 0 Å². The molecule has 21 heavy (non-hydrogen) atoms. The number of carbonyl (C=O) groups excluding carboxylic acids is 1. The number of esters is 1. The second-order valence-corrected chi connectivity index (χ2v) is 8.16. The quantitative estimate of drug-likeness (QED) is 0.643. The molecule has 1 fully saturated rings. The van der Waals surface area contributed by atoms with E-state index in [0.29, 0.717) is 0 Å². The molecule has 0 aromatic carbocycles. The first-order valence-electron chi connectivity index (χ1n) is 6.93. The molecule has 0 radical (unpaired) electrons. The minimum atomic E-state index is -3.63. The smallest absolute Gasteiger partial charge is 0.321 e. The molecular formula is C13H23NO6S. The topological polar surface area (TPSA) is 110 Å². The lowest BCUT2D eigenvalue weighted by Crippen LogP contribution is -2.42. The number of hydrogen-bond acceptors (Lipinski definition) is 5. The van der Waals surface area contributed by atoms with Crippen LogP contribution in [-0.4, -0.2) is 42.9 Å². The molecule has 1 saturated carbocycles. The number of hydrogen-bond donors (Lipinski definition) is 2. The number of aliphatic carboxylic acids is 1.